The van der Waals surface area contributed by atoms with Crippen LogP contribution in [-0.4, -0.2) is 21.6 Å². The minimum Gasteiger partial charge on any atom is -0.326 e. The first-order valence-corrected chi connectivity index (χ1v) is 10.9. The fraction of sp³-hybridized carbons (Fsp3) is 0.542. The average Bonchev–Trinajstić information content (AvgIpc) is 2.98. The predicted molar refractivity (Wildman–Crippen MR) is 118 cm³/mol. The van der Waals surface area contributed by atoms with Crippen LogP contribution in [0.3, 0.4) is 0 Å². The Hall–Kier alpha value is -2.43. The second kappa shape index (κ2) is 10.9. The highest BCUT2D eigenvalue weighted by atomic mass is 16.2. The van der Waals surface area contributed by atoms with Crippen LogP contribution in [0.1, 0.15) is 86.6 Å². The van der Waals surface area contributed by atoms with Crippen molar-refractivity contribution in [3.8, 4) is 0 Å². The number of aromatic nitrogens is 2. The molecule has 1 N–H and O–H groups in total. The molecule has 0 radical (unpaired) electrons. The van der Waals surface area contributed by atoms with Crippen LogP contribution in [0.2, 0.25) is 0 Å². The van der Waals surface area contributed by atoms with Crippen molar-refractivity contribution in [2.75, 3.05) is 5.32 Å². The fourth-order valence-corrected chi connectivity index (χ4v) is 3.42. The Morgan fingerprint density at radius 2 is 1.62 bits per heavy atom. The van der Waals surface area contributed by atoms with Crippen LogP contribution in [0.25, 0.3) is 0 Å². The zero-order valence-electron chi connectivity index (χ0n) is 18.5. The maximum Gasteiger partial charge on any atom is 0.278 e. The van der Waals surface area contributed by atoms with Gasteiger partial charge in [-0.3, -0.25) is 9.59 Å². The Morgan fingerprint density at radius 3 is 2.24 bits per heavy atom. The molecule has 0 aliphatic rings. The maximum atomic E-state index is 12.9. The number of benzene rings is 1. The summed E-state index contributed by atoms with van der Waals surface area (Å²) >= 11 is 0. The second-order valence-electron chi connectivity index (χ2n) is 8.11. The van der Waals surface area contributed by atoms with E-state index in [-0.39, 0.29) is 17.7 Å². The van der Waals surface area contributed by atoms with Crippen molar-refractivity contribution >= 4 is 17.5 Å². The lowest BCUT2D eigenvalue weighted by Crippen LogP contribution is -2.18. The molecule has 0 atom stereocenters. The highest BCUT2D eigenvalue weighted by molar-refractivity contribution is 5.97. The van der Waals surface area contributed by atoms with Crippen LogP contribution in [0.4, 0.5) is 5.69 Å². The smallest absolute Gasteiger partial charge is 0.278 e. The number of nitrogens with one attached hydrogen (secondary N) is 1. The molecule has 1 amide bonds. The SMILES string of the molecule is CCCCCCCCc1c(C)nn(C(=O)c2ccc(NC(=O)C(C)C)cc2)c1C. The number of aryl methyl sites for hydroxylation is 1. The molecule has 0 bridgehead atoms. The topological polar surface area (TPSA) is 64.0 Å². The van der Waals surface area contributed by atoms with Crippen molar-refractivity contribution < 1.29 is 9.59 Å². The number of hydrogen-bond acceptors (Lipinski definition) is 3. The van der Waals surface area contributed by atoms with Gasteiger partial charge in [0.25, 0.3) is 5.91 Å². The molecule has 158 valence electrons. The third-order valence-corrected chi connectivity index (χ3v) is 5.34. The highest BCUT2D eigenvalue weighted by Gasteiger charge is 2.18. The van der Waals surface area contributed by atoms with E-state index in [1.54, 1.807) is 24.3 Å². The third kappa shape index (κ3) is 6.28. The van der Waals surface area contributed by atoms with Gasteiger partial charge < -0.3 is 5.32 Å². The van der Waals surface area contributed by atoms with E-state index in [1.165, 1.54) is 42.3 Å². The fourth-order valence-electron chi connectivity index (χ4n) is 3.42. The summed E-state index contributed by atoms with van der Waals surface area (Å²) in [6.07, 6.45) is 8.48. The van der Waals surface area contributed by atoms with Gasteiger partial charge in [-0.2, -0.15) is 5.10 Å². The molecule has 0 aliphatic carbocycles. The molecule has 0 saturated heterocycles. The molecule has 0 saturated carbocycles. The number of carbonyl (C=O) groups is 2. The van der Waals surface area contributed by atoms with Crippen molar-refractivity contribution in [2.45, 2.75) is 79.6 Å². The molecule has 1 aromatic heterocycles. The largest absolute Gasteiger partial charge is 0.326 e. The van der Waals surface area contributed by atoms with Crippen LogP contribution in [0, 0.1) is 19.8 Å². The van der Waals surface area contributed by atoms with Crippen molar-refractivity contribution in [1.82, 2.24) is 9.78 Å². The maximum absolute atomic E-state index is 12.9. The number of unbranched alkanes of at least 4 members (excludes halogenated alkanes) is 5. The van der Waals surface area contributed by atoms with Gasteiger partial charge in [-0.1, -0.05) is 52.9 Å². The zero-order chi connectivity index (χ0) is 21.4. The van der Waals surface area contributed by atoms with E-state index in [4.69, 9.17) is 0 Å². The molecule has 1 heterocycles. The molecule has 0 aliphatic heterocycles. The van der Waals surface area contributed by atoms with Gasteiger partial charge in [-0.15, -0.1) is 0 Å². The van der Waals surface area contributed by atoms with E-state index in [1.807, 2.05) is 27.7 Å². The quantitative estimate of drug-likeness (QED) is 0.524. The Bertz CT molecular complexity index is 819. The molecule has 0 fully saturated rings. The van der Waals surface area contributed by atoms with Gasteiger partial charge in [0.2, 0.25) is 5.91 Å². The summed E-state index contributed by atoms with van der Waals surface area (Å²) < 4.78 is 1.52. The summed E-state index contributed by atoms with van der Waals surface area (Å²) in [4.78, 5) is 24.7. The van der Waals surface area contributed by atoms with Crippen LogP contribution >= 0.6 is 0 Å². The van der Waals surface area contributed by atoms with E-state index in [2.05, 4.69) is 17.3 Å². The molecule has 0 unspecified atom stereocenters. The average molecular weight is 398 g/mol. The molecule has 5 heteroatoms. The van der Waals surface area contributed by atoms with Gasteiger partial charge in [-0.05, 0) is 56.5 Å². The van der Waals surface area contributed by atoms with Crippen molar-refractivity contribution in [1.29, 1.82) is 0 Å². The molecule has 1 aromatic carbocycles. The first-order valence-electron chi connectivity index (χ1n) is 10.9. The molecular formula is C24H35N3O2. The minimum atomic E-state index is -0.137. The number of carbonyl (C=O) groups excluding carboxylic acids is 2. The van der Waals surface area contributed by atoms with Gasteiger partial charge >= 0.3 is 0 Å². The number of hydrogen-bond donors (Lipinski definition) is 1. The van der Waals surface area contributed by atoms with E-state index >= 15 is 0 Å². The standard InChI is InChI=1S/C24H35N3O2/c1-6-7-8-9-10-11-12-22-18(4)26-27(19(22)5)24(29)20-13-15-21(16-14-20)25-23(28)17(2)3/h13-17H,6-12H2,1-5H3,(H,25,28). The predicted octanol–water partition coefficient (Wildman–Crippen LogP) is 5.69. The summed E-state index contributed by atoms with van der Waals surface area (Å²) in [5.74, 6) is -0.264. The number of nitrogens with zero attached hydrogens (tertiary/aromatic N) is 2. The Morgan fingerprint density at radius 1 is 1.00 bits per heavy atom. The van der Waals surface area contributed by atoms with Crippen LogP contribution in [0.5, 0.6) is 0 Å². The van der Waals surface area contributed by atoms with Gasteiger partial charge in [0, 0.05) is 22.9 Å². The first-order chi connectivity index (χ1) is 13.8. The van der Waals surface area contributed by atoms with Crippen molar-refractivity contribution in [2.24, 2.45) is 5.92 Å². The van der Waals surface area contributed by atoms with E-state index < -0.39 is 0 Å². The molecule has 5 nitrogen and oxygen atoms in total. The highest BCUT2D eigenvalue weighted by Crippen LogP contribution is 2.19. The van der Waals surface area contributed by atoms with Crippen molar-refractivity contribution in [3.63, 3.8) is 0 Å². The van der Waals surface area contributed by atoms with Gasteiger partial charge in [-0.25, -0.2) is 4.68 Å². The van der Waals surface area contributed by atoms with Crippen LogP contribution in [0.15, 0.2) is 24.3 Å². The summed E-state index contributed by atoms with van der Waals surface area (Å²) in [5, 5.41) is 7.35. The molecule has 2 aromatic rings. The molecule has 2 rings (SSSR count). The molecule has 29 heavy (non-hydrogen) atoms. The number of amides is 1. The number of anilines is 1. The second-order valence-corrected chi connectivity index (χ2v) is 8.11. The van der Waals surface area contributed by atoms with Gasteiger partial charge in [0.05, 0.1) is 5.69 Å². The third-order valence-electron chi connectivity index (χ3n) is 5.34. The van der Waals surface area contributed by atoms with Crippen LogP contribution < -0.4 is 5.32 Å². The molecular weight excluding hydrogens is 362 g/mol. The lowest BCUT2D eigenvalue weighted by Gasteiger charge is -2.09. The summed E-state index contributed by atoms with van der Waals surface area (Å²) in [7, 11) is 0. The van der Waals surface area contributed by atoms with Crippen LogP contribution in [-0.2, 0) is 11.2 Å². The van der Waals surface area contributed by atoms with E-state index in [0.717, 1.165) is 24.2 Å². The summed E-state index contributed by atoms with van der Waals surface area (Å²) in [6.45, 7) is 9.88. The Labute approximate surface area is 174 Å². The summed E-state index contributed by atoms with van der Waals surface area (Å²) in [6, 6.07) is 7.00. The Kier molecular flexibility index (Phi) is 8.62. The van der Waals surface area contributed by atoms with E-state index in [0.29, 0.717) is 11.3 Å². The zero-order valence-corrected chi connectivity index (χ0v) is 18.5. The normalized spacial score (nSPS) is 11.1. The van der Waals surface area contributed by atoms with Crippen molar-refractivity contribution in [3.05, 3.63) is 46.8 Å². The lowest BCUT2D eigenvalue weighted by molar-refractivity contribution is -0.118. The monoisotopic (exact) mass is 397 g/mol. The minimum absolute atomic E-state index is 0.0399. The first kappa shape index (κ1) is 22.9. The lowest BCUT2D eigenvalue weighted by atomic mass is 10.0. The van der Waals surface area contributed by atoms with Gasteiger partial charge in [0.15, 0.2) is 0 Å². The van der Waals surface area contributed by atoms with E-state index in [9.17, 15) is 9.59 Å². The van der Waals surface area contributed by atoms with Gasteiger partial charge in [0.1, 0.15) is 0 Å². The summed E-state index contributed by atoms with van der Waals surface area (Å²) in [5.41, 5.74) is 4.31. The Balaban J connectivity index is 2.03. The molecule has 0 spiro atoms. The number of rotatable bonds is 10.